The third kappa shape index (κ3) is 2.43. The maximum atomic E-state index is 10.5. The zero-order chi connectivity index (χ0) is 10.8. The van der Waals surface area contributed by atoms with Gasteiger partial charge in [-0.1, -0.05) is 6.92 Å². The SMILES string of the molecule is CC1CC1CNc1cc([N+](=O)[O-])ccn1. The highest BCUT2D eigenvalue weighted by Gasteiger charge is 2.31. The number of nitro groups is 1. The number of nitrogens with one attached hydrogen (secondary N) is 1. The van der Waals surface area contributed by atoms with E-state index in [0.29, 0.717) is 11.7 Å². The summed E-state index contributed by atoms with van der Waals surface area (Å²) in [5, 5.41) is 13.6. The predicted molar refractivity (Wildman–Crippen MR) is 56.7 cm³/mol. The van der Waals surface area contributed by atoms with Crippen molar-refractivity contribution in [3.8, 4) is 0 Å². The first-order valence-electron chi connectivity index (χ1n) is 5.01. The molecule has 0 aromatic carbocycles. The molecule has 1 N–H and O–H groups in total. The molecule has 5 nitrogen and oxygen atoms in total. The number of pyridine rings is 1. The molecule has 2 unspecified atom stereocenters. The third-order valence-corrected chi connectivity index (χ3v) is 2.78. The third-order valence-electron chi connectivity index (χ3n) is 2.78. The van der Waals surface area contributed by atoms with Crippen molar-refractivity contribution in [1.29, 1.82) is 0 Å². The van der Waals surface area contributed by atoms with Gasteiger partial charge in [0.25, 0.3) is 5.69 Å². The summed E-state index contributed by atoms with van der Waals surface area (Å²) in [4.78, 5) is 14.1. The molecule has 80 valence electrons. The van der Waals surface area contributed by atoms with Crippen LogP contribution in [0, 0.1) is 22.0 Å². The molecule has 0 spiro atoms. The van der Waals surface area contributed by atoms with Crippen LogP contribution in [0.15, 0.2) is 18.3 Å². The lowest BCUT2D eigenvalue weighted by molar-refractivity contribution is -0.384. The normalized spacial score (nSPS) is 23.5. The van der Waals surface area contributed by atoms with E-state index in [9.17, 15) is 10.1 Å². The standard InChI is InChI=1S/C10H13N3O2/c1-7-4-8(7)6-12-10-5-9(13(14)15)2-3-11-10/h2-3,5,7-8H,4,6H2,1H3,(H,11,12). The number of anilines is 1. The molecule has 0 amide bonds. The van der Waals surface area contributed by atoms with Crippen molar-refractivity contribution in [2.75, 3.05) is 11.9 Å². The molecule has 2 rings (SSSR count). The van der Waals surface area contributed by atoms with E-state index >= 15 is 0 Å². The summed E-state index contributed by atoms with van der Waals surface area (Å²) in [6.45, 7) is 3.06. The zero-order valence-corrected chi connectivity index (χ0v) is 8.51. The number of hydrogen-bond acceptors (Lipinski definition) is 4. The molecule has 1 saturated carbocycles. The topological polar surface area (TPSA) is 68.1 Å². The smallest absolute Gasteiger partial charge is 0.274 e. The fraction of sp³-hybridized carbons (Fsp3) is 0.500. The molecule has 15 heavy (non-hydrogen) atoms. The summed E-state index contributed by atoms with van der Waals surface area (Å²) in [6, 6.07) is 2.86. The maximum absolute atomic E-state index is 10.5. The molecule has 0 radical (unpaired) electrons. The molecule has 1 heterocycles. The van der Waals surface area contributed by atoms with Gasteiger partial charge < -0.3 is 5.32 Å². The van der Waals surface area contributed by atoms with Gasteiger partial charge in [-0.05, 0) is 18.3 Å². The molecule has 0 aliphatic heterocycles. The fourth-order valence-electron chi connectivity index (χ4n) is 1.55. The predicted octanol–water partition coefficient (Wildman–Crippen LogP) is 2.06. The first kappa shape index (κ1) is 9.89. The quantitative estimate of drug-likeness (QED) is 0.606. The van der Waals surface area contributed by atoms with Gasteiger partial charge in [0.15, 0.2) is 0 Å². The zero-order valence-electron chi connectivity index (χ0n) is 8.51. The van der Waals surface area contributed by atoms with Crippen LogP contribution in [-0.2, 0) is 0 Å². The maximum Gasteiger partial charge on any atom is 0.274 e. The highest BCUT2D eigenvalue weighted by atomic mass is 16.6. The van der Waals surface area contributed by atoms with Crippen molar-refractivity contribution in [2.45, 2.75) is 13.3 Å². The van der Waals surface area contributed by atoms with Crippen LogP contribution in [0.2, 0.25) is 0 Å². The molecule has 1 aromatic rings. The summed E-state index contributed by atoms with van der Waals surface area (Å²) >= 11 is 0. The van der Waals surface area contributed by atoms with E-state index in [1.54, 1.807) is 0 Å². The molecule has 5 heteroatoms. The molecular formula is C10H13N3O2. The van der Waals surface area contributed by atoms with E-state index in [2.05, 4.69) is 17.2 Å². The Morgan fingerprint density at radius 1 is 1.73 bits per heavy atom. The second kappa shape index (κ2) is 3.84. The summed E-state index contributed by atoms with van der Waals surface area (Å²) in [5.41, 5.74) is 0.0799. The van der Waals surface area contributed by atoms with Gasteiger partial charge in [0.2, 0.25) is 0 Å². The lowest BCUT2D eigenvalue weighted by Gasteiger charge is -2.03. The van der Waals surface area contributed by atoms with Gasteiger partial charge in [0.05, 0.1) is 11.0 Å². The van der Waals surface area contributed by atoms with Crippen LogP contribution >= 0.6 is 0 Å². The molecule has 1 aromatic heterocycles. The first-order valence-corrected chi connectivity index (χ1v) is 5.01. The Hall–Kier alpha value is -1.65. The number of nitrogens with zero attached hydrogens (tertiary/aromatic N) is 2. The van der Waals surface area contributed by atoms with E-state index in [4.69, 9.17) is 0 Å². The van der Waals surface area contributed by atoms with Gasteiger partial charge in [0.1, 0.15) is 5.82 Å². The van der Waals surface area contributed by atoms with E-state index < -0.39 is 4.92 Å². The van der Waals surface area contributed by atoms with Gasteiger partial charge in [-0.2, -0.15) is 0 Å². The minimum Gasteiger partial charge on any atom is -0.370 e. The molecule has 0 saturated heterocycles. The van der Waals surface area contributed by atoms with Crippen LogP contribution in [0.25, 0.3) is 0 Å². The summed E-state index contributed by atoms with van der Waals surface area (Å²) in [5.74, 6) is 2.06. The number of aromatic nitrogens is 1. The van der Waals surface area contributed by atoms with Crippen LogP contribution in [-0.4, -0.2) is 16.5 Å². The minimum absolute atomic E-state index is 0.0799. The average molecular weight is 207 g/mol. The van der Waals surface area contributed by atoms with Crippen molar-refractivity contribution in [3.63, 3.8) is 0 Å². The average Bonchev–Trinajstić information content (AvgIpc) is 2.92. The molecular weight excluding hydrogens is 194 g/mol. The van der Waals surface area contributed by atoms with Crippen molar-refractivity contribution < 1.29 is 4.92 Å². The van der Waals surface area contributed by atoms with Crippen LogP contribution in [0.3, 0.4) is 0 Å². The van der Waals surface area contributed by atoms with Crippen molar-refractivity contribution in [3.05, 3.63) is 28.4 Å². The summed E-state index contributed by atoms with van der Waals surface area (Å²) in [7, 11) is 0. The van der Waals surface area contributed by atoms with Crippen molar-refractivity contribution in [2.24, 2.45) is 11.8 Å². The lowest BCUT2D eigenvalue weighted by Crippen LogP contribution is -2.06. The summed E-state index contributed by atoms with van der Waals surface area (Å²) in [6.07, 6.45) is 2.69. The van der Waals surface area contributed by atoms with Crippen LogP contribution in [0.1, 0.15) is 13.3 Å². The van der Waals surface area contributed by atoms with Gasteiger partial charge in [0, 0.05) is 18.8 Å². The summed E-state index contributed by atoms with van der Waals surface area (Å²) < 4.78 is 0. The minimum atomic E-state index is -0.410. The van der Waals surface area contributed by atoms with Crippen LogP contribution < -0.4 is 5.32 Å². The fourth-order valence-corrected chi connectivity index (χ4v) is 1.55. The lowest BCUT2D eigenvalue weighted by atomic mass is 10.3. The second-order valence-electron chi connectivity index (χ2n) is 4.01. The molecule has 1 fully saturated rings. The Labute approximate surface area is 87.7 Å². The van der Waals surface area contributed by atoms with E-state index in [1.807, 2.05) is 0 Å². The molecule has 2 atom stereocenters. The molecule has 0 bridgehead atoms. The van der Waals surface area contributed by atoms with E-state index in [1.165, 1.54) is 24.8 Å². The highest BCUT2D eigenvalue weighted by molar-refractivity contribution is 5.44. The number of rotatable bonds is 4. The Kier molecular flexibility index (Phi) is 2.53. The van der Waals surface area contributed by atoms with Crippen molar-refractivity contribution in [1.82, 2.24) is 4.98 Å². The highest BCUT2D eigenvalue weighted by Crippen LogP contribution is 2.37. The monoisotopic (exact) mass is 207 g/mol. The van der Waals surface area contributed by atoms with Gasteiger partial charge >= 0.3 is 0 Å². The van der Waals surface area contributed by atoms with Gasteiger partial charge in [-0.3, -0.25) is 10.1 Å². The van der Waals surface area contributed by atoms with E-state index in [0.717, 1.165) is 12.5 Å². The Bertz CT molecular complexity index is 381. The molecule has 1 aliphatic carbocycles. The first-order chi connectivity index (χ1) is 7.16. The number of hydrogen-bond donors (Lipinski definition) is 1. The largest absolute Gasteiger partial charge is 0.370 e. The van der Waals surface area contributed by atoms with Gasteiger partial charge in [-0.25, -0.2) is 4.98 Å². The van der Waals surface area contributed by atoms with Gasteiger partial charge in [-0.15, -0.1) is 0 Å². The van der Waals surface area contributed by atoms with Crippen molar-refractivity contribution >= 4 is 11.5 Å². The Balaban J connectivity index is 1.95. The Morgan fingerprint density at radius 2 is 2.47 bits per heavy atom. The second-order valence-corrected chi connectivity index (χ2v) is 4.01. The van der Waals surface area contributed by atoms with Crippen LogP contribution in [0.5, 0.6) is 0 Å². The van der Waals surface area contributed by atoms with E-state index in [-0.39, 0.29) is 5.69 Å². The molecule has 1 aliphatic rings. The Morgan fingerprint density at radius 3 is 3.07 bits per heavy atom. The van der Waals surface area contributed by atoms with Crippen LogP contribution in [0.4, 0.5) is 11.5 Å².